The van der Waals surface area contributed by atoms with E-state index in [2.05, 4.69) is 0 Å². The van der Waals surface area contributed by atoms with E-state index in [1.165, 1.54) is 0 Å². The smallest absolute Gasteiger partial charge is 0.260 e. The number of para-hydroxylation sites is 1. The Bertz CT molecular complexity index is 1160. The van der Waals surface area contributed by atoms with Gasteiger partial charge in [-0.15, -0.1) is 0 Å². The number of hydrogen-bond acceptors (Lipinski definition) is 5. The molecule has 2 amide bonds. The van der Waals surface area contributed by atoms with Crippen LogP contribution in [0.1, 0.15) is 40.4 Å². The summed E-state index contributed by atoms with van der Waals surface area (Å²) >= 11 is 0. The van der Waals surface area contributed by atoms with Gasteiger partial charge in [0.1, 0.15) is 0 Å². The Morgan fingerprint density at radius 3 is 2.75 bits per heavy atom. The van der Waals surface area contributed by atoms with E-state index < -0.39 is 5.91 Å². The molecular weight excluding hydrogens is 406 g/mol. The topological polar surface area (TPSA) is 94.8 Å². The van der Waals surface area contributed by atoms with Crippen molar-refractivity contribution in [3.63, 3.8) is 0 Å². The van der Waals surface area contributed by atoms with E-state index in [0.29, 0.717) is 35.8 Å². The van der Waals surface area contributed by atoms with Crippen LogP contribution in [-0.4, -0.2) is 48.5 Å². The average molecular weight is 434 g/mol. The number of piperidine rings is 1. The fourth-order valence-corrected chi connectivity index (χ4v) is 4.19. The number of fused-ring (bicyclic) bond motifs is 1. The first-order valence-corrected chi connectivity index (χ1v) is 10.7. The van der Waals surface area contributed by atoms with Gasteiger partial charge < -0.3 is 20.1 Å². The van der Waals surface area contributed by atoms with Gasteiger partial charge in [0, 0.05) is 24.4 Å². The third kappa shape index (κ3) is 4.51. The van der Waals surface area contributed by atoms with Crippen LogP contribution in [-0.2, 0) is 4.79 Å². The summed E-state index contributed by atoms with van der Waals surface area (Å²) in [5.74, 6) is 0.456. The number of amides is 2. The Kier molecular flexibility index (Phi) is 6.25. The lowest BCUT2D eigenvalue weighted by Gasteiger charge is -2.33. The summed E-state index contributed by atoms with van der Waals surface area (Å²) < 4.78 is 11.1. The molecule has 7 nitrogen and oxygen atoms in total. The van der Waals surface area contributed by atoms with Gasteiger partial charge in [-0.05, 0) is 49.6 Å². The standard InChI is InChI=1S/C25H27N3O4/c1-16-9-10-21(22(12-16)31-2)32-15-23(29)28-11-5-7-18(14-28)24-19(25(26)30)13-17-6-3-4-8-20(17)27-24/h3-4,6,8-10,12-13,18H,5,7,11,14-15H2,1-2H3,(H2,26,30). The second-order valence-corrected chi connectivity index (χ2v) is 8.10. The Balaban J connectivity index is 1.50. The van der Waals surface area contributed by atoms with E-state index in [0.717, 1.165) is 29.3 Å². The van der Waals surface area contributed by atoms with Crippen molar-refractivity contribution in [1.29, 1.82) is 0 Å². The van der Waals surface area contributed by atoms with Crippen LogP contribution >= 0.6 is 0 Å². The Hall–Kier alpha value is -3.61. The summed E-state index contributed by atoms with van der Waals surface area (Å²) in [4.78, 5) is 31.6. The fourth-order valence-electron chi connectivity index (χ4n) is 4.19. The van der Waals surface area contributed by atoms with Crippen molar-refractivity contribution in [2.75, 3.05) is 26.8 Å². The molecule has 32 heavy (non-hydrogen) atoms. The molecule has 2 aromatic carbocycles. The lowest BCUT2D eigenvalue weighted by atomic mass is 9.90. The third-order valence-corrected chi connectivity index (χ3v) is 5.85. The monoisotopic (exact) mass is 433 g/mol. The average Bonchev–Trinajstić information content (AvgIpc) is 2.82. The van der Waals surface area contributed by atoms with E-state index in [1.807, 2.05) is 43.3 Å². The molecule has 1 atom stereocenters. The van der Waals surface area contributed by atoms with Gasteiger partial charge in [-0.2, -0.15) is 0 Å². The predicted octanol–water partition coefficient (Wildman–Crippen LogP) is 3.44. The largest absolute Gasteiger partial charge is 0.493 e. The zero-order chi connectivity index (χ0) is 22.7. The number of benzene rings is 2. The highest BCUT2D eigenvalue weighted by atomic mass is 16.5. The number of hydrogen-bond donors (Lipinski definition) is 1. The molecule has 1 aromatic heterocycles. The van der Waals surface area contributed by atoms with Gasteiger partial charge in [-0.25, -0.2) is 0 Å². The first kappa shape index (κ1) is 21.6. The molecule has 7 heteroatoms. The predicted molar refractivity (Wildman–Crippen MR) is 122 cm³/mol. The van der Waals surface area contributed by atoms with Crippen molar-refractivity contribution in [2.45, 2.75) is 25.7 Å². The molecule has 3 aromatic rings. The summed E-state index contributed by atoms with van der Waals surface area (Å²) in [6, 6.07) is 15.0. The number of aryl methyl sites for hydroxylation is 1. The molecule has 1 fully saturated rings. The molecule has 1 aliphatic heterocycles. The van der Waals surface area contributed by atoms with Gasteiger partial charge in [-0.3, -0.25) is 14.6 Å². The van der Waals surface area contributed by atoms with Crippen LogP contribution in [0.15, 0.2) is 48.5 Å². The van der Waals surface area contributed by atoms with Gasteiger partial charge in [0.05, 0.1) is 23.9 Å². The highest BCUT2D eigenvalue weighted by Crippen LogP contribution is 2.31. The van der Waals surface area contributed by atoms with E-state index in [1.54, 1.807) is 24.1 Å². The molecule has 1 unspecified atom stereocenters. The first-order valence-electron chi connectivity index (χ1n) is 10.7. The van der Waals surface area contributed by atoms with Crippen LogP contribution in [0.25, 0.3) is 10.9 Å². The second-order valence-electron chi connectivity index (χ2n) is 8.10. The Morgan fingerprint density at radius 1 is 1.16 bits per heavy atom. The molecular formula is C25H27N3O4. The first-order chi connectivity index (χ1) is 15.5. The number of nitrogens with zero attached hydrogens (tertiary/aromatic N) is 2. The highest BCUT2D eigenvalue weighted by molar-refractivity contribution is 5.97. The number of carbonyl (C=O) groups is 2. The van der Waals surface area contributed by atoms with Crippen LogP contribution in [0, 0.1) is 6.92 Å². The number of methoxy groups -OCH3 is 1. The summed E-state index contributed by atoms with van der Waals surface area (Å²) in [6.45, 7) is 2.99. The van der Waals surface area contributed by atoms with Crippen molar-refractivity contribution in [1.82, 2.24) is 9.88 Å². The van der Waals surface area contributed by atoms with Crippen molar-refractivity contribution in [3.05, 3.63) is 65.4 Å². The maximum Gasteiger partial charge on any atom is 0.260 e. The van der Waals surface area contributed by atoms with Crippen molar-refractivity contribution < 1.29 is 19.1 Å². The van der Waals surface area contributed by atoms with Gasteiger partial charge in [0.25, 0.3) is 11.8 Å². The summed E-state index contributed by atoms with van der Waals surface area (Å²) in [7, 11) is 1.57. The van der Waals surface area contributed by atoms with Crippen LogP contribution in [0.2, 0.25) is 0 Å². The second kappa shape index (κ2) is 9.26. The Morgan fingerprint density at radius 2 is 1.97 bits per heavy atom. The molecule has 1 aliphatic rings. The zero-order valence-corrected chi connectivity index (χ0v) is 18.3. The number of pyridine rings is 1. The summed E-state index contributed by atoms with van der Waals surface area (Å²) in [5, 5.41) is 0.870. The van der Waals surface area contributed by atoms with Gasteiger partial charge in [-0.1, -0.05) is 24.3 Å². The zero-order valence-electron chi connectivity index (χ0n) is 18.3. The van der Waals surface area contributed by atoms with Crippen LogP contribution < -0.4 is 15.2 Å². The number of nitrogens with two attached hydrogens (primary N) is 1. The lowest BCUT2D eigenvalue weighted by Crippen LogP contribution is -2.42. The van der Waals surface area contributed by atoms with Crippen molar-refractivity contribution in [3.8, 4) is 11.5 Å². The molecule has 0 radical (unpaired) electrons. The van der Waals surface area contributed by atoms with Crippen LogP contribution in [0.4, 0.5) is 0 Å². The Labute approximate surface area is 187 Å². The van der Waals surface area contributed by atoms with Crippen molar-refractivity contribution >= 4 is 22.7 Å². The number of likely N-dealkylation sites (tertiary alicyclic amines) is 1. The SMILES string of the molecule is COc1cc(C)ccc1OCC(=O)N1CCCC(c2nc3ccccc3cc2C(N)=O)C1. The van der Waals surface area contributed by atoms with Gasteiger partial charge in [0.15, 0.2) is 18.1 Å². The van der Waals surface area contributed by atoms with Crippen LogP contribution in [0.5, 0.6) is 11.5 Å². The lowest BCUT2D eigenvalue weighted by molar-refractivity contribution is -0.134. The van der Waals surface area contributed by atoms with Gasteiger partial charge in [0.2, 0.25) is 0 Å². The van der Waals surface area contributed by atoms with Crippen LogP contribution in [0.3, 0.4) is 0 Å². The maximum atomic E-state index is 12.9. The number of rotatable bonds is 6. The fraction of sp³-hybridized carbons (Fsp3) is 0.320. The van der Waals surface area contributed by atoms with Crippen molar-refractivity contribution in [2.24, 2.45) is 5.73 Å². The molecule has 2 heterocycles. The van der Waals surface area contributed by atoms with Gasteiger partial charge >= 0.3 is 0 Å². The van der Waals surface area contributed by atoms with E-state index in [4.69, 9.17) is 20.2 Å². The molecule has 2 N–H and O–H groups in total. The third-order valence-electron chi connectivity index (χ3n) is 5.85. The maximum absolute atomic E-state index is 12.9. The molecule has 0 spiro atoms. The number of ether oxygens (including phenoxy) is 2. The highest BCUT2D eigenvalue weighted by Gasteiger charge is 2.29. The summed E-state index contributed by atoms with van der Waals surface area (Å²) in [6.07, 6.45) is 1.65. The normalized spacial score (nSPS) is 16.1. The quantitative estimate of drug-likeness (QED) is 0.643. The summed E-state index contributed by atoms with van der Waals surface area (Å²) in [5.41, 5.74) is 8.61. The minimum atomic E-state index is -0.503. The number of aromatic nitrogens is 1. The molecule has 0 aliphatic carbocycles. The molecule has 166 valence electrons. The number of carbonyl (C=O) groups excluding carboxylic acids is 2. The molecule has 0 saturated carbocycles. The van der Waals surface area contributed by atoms with E-state index in [9.17, 15) is 9.59 Å². The molecule has 0 bridgehead atoms. The minimum Gasteiger partial charge on any atom is -0.493 e. The minimum absolute atomic E-state index is 0.0614. The molecule has 4 rings (SSSR count). The van der Waals surface area contributed by atoms with E-state index >= 15 is 0 Å². The molecule has 1 saturated heterocycles. The van der Waals surface area contributed by atoms with E-state index in [-0.39, 0.29) is 18.4 Å². The number of primary amides is 1.